The molecule has 1 saturated carbocycles. The monoisotopic (exact) mass is 498 g/mol. The number of carbonyl (C=O) groups is 2. The Bertz CT molecular complexity index is 1160. The summed E-state index contributed by atoms with van der Waals surface area (Å²) in [5.41, 5.74) is 0.886. The van der Waals surface area contributed by atoms with E-state index in [1.807, 2.05) is 0 Å². The van der Waals surface area contributed by atoms with Gasteiger partial charge in [0.15, 0.2) is 16.7 Å². The molecule has 1 saturated heterocycles. The molecule has 1 aliphatic heterocycles. The van der Waals surface area contributed by atoms with Crippen LogP contribution in [0.2, 0.25) is 0 Å². The molecule has 2 aromatic rings. The van der Waals surface area contributed by atoms with Gasteiger partial charge in [-0.05, 0) is 67.4 Å². The summed E-state index contributed by atoms with van der Waals surface area (Å²) >= 11 is 1.23. The lowest BCUT2D eigenvalue weighted by Crippen LogP contribution is -2.40. The second kappa shape index (κ2) is 11.4. The van der Waals surface area contributed by atoms with Crippen LogP contribution in [0.1, 0.15) is 44.6 Å². The smallest absolute Gasteiger partial charge is 0.493 e. The van der Waals surface area contributed by atoms with Crippen LogP contribution in [0.3, 0.4) is 0 Å². The summed E-state index contributed by atoms with van der Waals surface area (Å²) < 4.78 is 29.7. The second-order valence-corrected chi connectivity index (χ2v) is 9.13. The highest BCUT2D eigenvalue weighted by Gasteiger charge is 2.38. The van der Waals surface area contributed by atoms with Crippen LogP contribution in [-0.2, 0) is 9.53 Å². The van der Waals surface area contributed by atoms with Gasteiger partial charge in [0.25, 0.3) is 5.91 Å². The molecule has 0 unspecified atom stereocenters. The van der Waals surface area contributed by atoms with Gasteiger partial charge in [-0.1, -0.05) is 37.5 Å². The topological polar surface area (TPSA) is 77.4 Å². The molecule has 4 rings (SSSR count). The Labute approximate surface area is 208 Å². The van der Waals surface area contributed by atoms with E-state index in [1.165, 1.54) is 24.9 Å². The van der Waals surface area contributed by atoms with Gasteiger partial charge in [-0.15, -0.1) is 0 Å². The average molecular weight is 499 g/mol. The van der Waals surface area contributed by atoms with Gasteiger partial charge < -0.3 is 14.2 Å². The third kappa shape index (κ3) is 5.85. The molecule has 0 N–H and O–H groups in total. The predicted octanol–water partition coefficient (Wildman–Crippen LogP) is 6.31. The minimum Gasteiger partial charge on any atom is -0.493 e. The molecule has 2 aliphatic rings. The SMILES string of the molecule is CCOC(=O)Oc1ccc(/C=C2\SC(=Nc3ccccc3F)N(C3CCCCC3)C2=O)cc1OC. The Morgan fingerprint density at radius 3 is 2.66 bits per heavy atom. The molecular formula is C26H27FN2O5S. The highest BCUT2D eigenvalue weighted by atomic mass is 32.2. The van der Waals surface area contributed by atoms with Gasteiger partial charge >= 0.3 is 6.16 Å². The van der Waals surface area contributed by atoms with Crippen molar-refractivity contribution in [2.75, 3.05) is 13.7 Å². The molecule has 1 aliphatic carbocycles. The zero-order valence-corrected chi connectivity index (χ0v) is 20.5. The molecule has 7 nitrogen and oxygen atoms in total. The summed E-state index contributed by atoms with van der Waals surface area (Å²) in [4.78, 5) is 31.9. The highest BCUT2D eigenvalue weighted by molar-refractivity contribution is 8.18. The predicted molar refractivity (Wildman–Crippen MR) is 133 cm³/mol. The summed E-state index contributed by atoms with van der Waals surface area (Å²) in [6, 6.07) is 11.3. The van der Waals surface area contributed by atoms with Crippen LogP contribution >= 0.6 is 11.8 Å². The minimum atomic E-state index is -0.824. The summed E-state index contributed by atoms with van der Waals surface area (Å²) in [6.45, 7) is 1.88. The Morgan fingerprint density at radius 2 is 1.94 bits per heavy atom. The van der Waals surface area contributed by atoms with Crippen molar-refractivity contribution in [3.8, 4) is 11.5 Å². The van der Waals surface area contributed by atoms with Gasteiger partial charge in [-0.3, -0.25) is 9.69 Å². The number of amidine groups is 1. The number of amides is 1. The summed E-state index contributed by atoms with van der Waals surface area (Å²) in [5, 5.41) is 0.479. The van der Waals surface area contributed by atoms with Crippen molar-refractivity contribution < 1.29 is 28.2 Å². The van der Waals surface area contributed by atoms with E-state index in [-0.39, 0.29) is 30.0 Å². The third-order valence-electron chi connectivity index (χ3n) is 5.79. The third-order valence-corrected chi connectivity index (χ3v) is 6.77. The zero-order valence-electron chi connectivity index (χ0n) is 19.7. The van der Waals surface area contributed by atoms with Gasteiger partial charge in [-0.25, -0.2) is 14.2 Å². The number of halogens is 1. The quantitative estimate of drug-likeness (QED) is 0.264. The molecule has 0 atom stereocenters. The average Bonchev–Trinajstić information content (AvgIpc) is 3.16. The fraction of sp³-hybridized carbons (Fsp3) is 0.346. The van der Waals surface area contributed by atoms with E-state index in [1.54, 1.807) is 54.3 Å². The number of ether oxygens (including phenoxy) is 3. The maximum atomic E-state index is 14.3. The number of aliphatic imine (C=N–C) groups is 1. The molecule has 0 aromatic heterocycles. The van der Waals surface area contributed by atoms with Gasteiger partial charge in [-0.2, -0.15) is 0 Å². The Balaban J connectivity index is 1.65. The standard InChI is InChI=1S/C26H27FN2O5S/c1-3-33-26(31)34-21-14-13-17(15-22(21)32-2)16-23-24(30)29(18-9-5-4-6-10-18)25(35-23)28-20-12-8-7-11-19(20)27/h7-8,11-16,18H,3-6,9-10H2,1-2H3/b23-16-,28-25?. The number of nitrogens with zero attached hydrogens (tertiary/aromatic N) is 2. The van der Waals surface area contributed by atoms with Crippen molar-refractivity contribution in [2.45, 2.75) is 45.1 Å². The number of thioether (sulfide) groups is 1. The first kappa shape index (κ1) is 24.8. The fourth-order valence-electron chi connectivity index (χ4n) is 4.12. The lowest BCUT2D eigenvalue weighted by molar-refractivity contribution is -0.124. The fourth-order valence-corrected chi connectivity index (χ4v) is 5.17. The molecule has 0 radical (unpaired) electrons. The lowest BCUT2D eigenvalue weighted by atomic mass is 9.94. The number of hydrogen-bond donors (Lipinski definition) is 0. The Hall–Kier alpha value is -3.33. The number of methoxy groups -OCH3 is 1. The number of para-hydroxylation sites is 1. The van der Waals surface area contributed by atoms with Gasteiger partial charge in [0.1, 0.15) is 11.5 Å². The van der Waals surface area contributed by atoms with Gasteiger partial charge in [0, 0.05) is 6.04 Å². The molecular weight excluding hydrogens is 471 g/mol. The van der Waals surface area contributed by atoms with Crippen molar-refractivity contribution in [3.63, 3.8) is 0 Å². The minimum absolute atomic E-state index is 0.0371. The molecule has 1 heterocycles. The molecule has 35 heavy (non-hydrogen) atoms. The van der Waals surface area contributed by atoms with Gasteiger partial charge in [0.05, 0.1) is 18.6 Å². The number of benzene rings is 2. The van der Waals surface area contributed by atoms with E-state index < -0.39 is 12.0 Å². The lowest BCUT2D eigenvalue weighted by Gasteiger charge is -2.30. The summed E-state index contributed by atoms with van der Waals surface area (Å²) in [7, 11) is 1.46. The van der Waals surface area contributed by atoms with Crippen LogP contribution in [0.5, 0.6) is 11.5 Å². The molecule has 1 amide bonds. The Kier molecular flexibility index (Phi) is 8.07. The molecule has 184 valence electrons. The van der Waals surface area contributed by atoms with Crippen molar-refractivity contribution in [2.24, 2.45) is 4.99 Å². The number of rotatable bonds is 6. The van der Waals surface area contributed by atoms with Crippen molar-refractivity contribution in [1.82, 2.24) is 4.90 Å². The van der Waals surface area contributed by atoms with E-state index in [2.05, 4.69) is 4.99 Å². The maximum Gasteiger partial charge on any atom is 0.513 e. The first-order chi connectivity index (χ1) is 17.0. The van der Waals surface area contributed by atoms with Crippen LogP contribution in [0.15, 0.2) is 52.4 Å². The first-order valence-electron chi connectivity index (χ1n) is 11.6. The number of hydrogen-bond acceptors (Lipinski definition) is 7. The molecule has 2 aromatic carbocycles. The molecule has 0 spiro atoms. The number of carbonyl (C=O) groups excluding carboxylic acids is 2. The first-order valence-corrected chi connectivity index (χ1v) is 12.4. The van der Waals surface area contributed by atoms with E-state index in [4.69, 9.17) is 14.2 Å². The Morgan fingerprint density at radius 1 is 1.17 bits per heavy atom. The molecule has 0 bridgehead atoms. The van der Waals surface area contributed by atoms with Gasteiger partial charge in [0.2, 0.25) is 0 Å². The zero-order chi connectivity index (χ0) is 24.8. The maximum absolute atomic E-state index is 14.3. The second-order valence-electron chi connectivity index (χ2n) is 8.12. The van der Waals surface area contributed by atoms with Crippen LogP contribution in [0.25, 0.3) is 6.08 Å². The van der Waals surface area contributed by atoms with E-state index in [0.717, 1.165) is 32.1 Å². The van der Waals surface area contributed by atoms with Crippen molar-refractivity contribution in [3.05, 3.63) is 58.8 Å². The van der Waals surface area contributed by atoms with Crippen molar-refractivity contribution in [1.29, 1.82) is 0 Å². The van der Waals surface area contributed by atoms with Crippen LogP contribution in [-0.4, -0.2) is 41.9 Å². The van der Waals surface area contributed by atoms with E-state index in [9.17, 15) is 14.0 Å². The molecule has 2 fully saturated rings. The largest absolute Gasteiger partial charge is 0.513 e. The van der Waals surface area contributed by atoms with Crippen LogP contribution in [0, 0.1) is 5.82 Å². The summed E-state index contributed by atoms with van der Waals surface area (Å²) in [6.07, 6.45) is 5.94. The van der Waals surface area contributed by atoms with Crippen molar-refractivity contribution >= 4 is 40.8 Å². The highest BCUT2D eigenvalue weighted by Crippen LogP contribution is 2.39. The van der Waals surface area contributed by atoms with Crippen LogP contribution < -0.4 is 9.47 Å². The van der Waals surface area contributed by atoms with Crippen LogP contribution in [0.4, 0.5) is 14.9 Å². The van der Waals surface area contributed by atoms with E-state index >= 15 is 0 Å². The normalized spacial score (nSPS) is 18.8. The summed E-state index contributed by atoms with van der Waals surface area (Å²) in [5.74, 6) is -0.0461. The molecule has 9 heteroatoms. The van der Waals surface area contributed by atoms with E-state index in [0.29, 0.717) is 21.4 Å².